The van der Waals surface area contributed by atoms with E-state index in [4.69, 9.17) is 0 Å². The molecule has 3 saturated carbocycles. The second-order valence-electron chi connectivity index (χ2n) is 9.57. The molecule has 4 aliphatic carbocycles. The Kier molecular flexibility index (Phi) is 4.22. The average Bonchev–Trinajstić information content (AvgIpc) is 2.90. The van der Waals surface area contributed by atoms with Crippen LogP contribution in [-0.4, -0.2) is 39.3 Å². The second-order valence-corrected chi connectivity index (χ2v) is 9.57. The van der Waals surface area contributed by atoms with Gasteiger partial charge in [-0.1, -0.05) is 19.4 Å². The summed E-state index contributed by atoms with van der Waals surface area (Å²) in [6.45, 7) is 4.27. The minimum atomic E-state index is -1.92. The molecular weight excluding hydrogens is 332 g/mol. The Bertz CT molecular complexity index is 667. The SMILES string of the molecule is C[C@]12CCC(=O)C=C1CCC1C2[C@@H](O)C[C@@]2(C)C1CC[C@@H]2C(=O)C(O)O. The Morgan fingerprint density at radius 3 is 2.62 bits per heavy atom. The van der Waals surface area contributed by atoms with Crippen molar-refractivity contribution in [2.24, 2.45) is 34.5 Å². The molecule has 3 N–H and O–H groups in total. The summed E-state index contributed by atoms with van der Waals surface area (Å²) < 4.78 is 0. The normalized spacial score (nSPS) is 47.8. The monoisotopic (exact) mass is 362 g/mol. The first-order valence-corrected chi connectivity index (χ1v) is 10.0. The van der Waals surface area contributed by atoms with Crippen LogP contribution in [0.25, 0.3) is 0 Å². The van der Waals surface area contributed by atoms with E-state index >= 15 is 0 Å². The molecule has 144 valence electrons. The minimum Gasteiger partial charge on any atom is -0.393 e. The fourth-order valence-corrected chi connectivity index (χ4v) is 7.33. The van der Waals surface area contributed by atoms with Crippen LogP contribution in [-0.2, 0) is 9.59 Å². The van der Waals surface area contributed by atoms with Crippen LogP contribution in [0.1, 0.15) is 58.8 Å². The molecule has 0 aliphatic heterocycles. The maximum absolute atomic E-state index is 12.4. The van der Waals surface area contributed by atoms with Crippen LogP contribution in [0.3, 0.4) is 0 Å². The van der Waals surface area contributed by atoms with Crippen LogP contribution in [0, 0.1) is 34.5 Å². The number of allylic oxidation sites excluding steroid dienone is 1. The van der Waals surface area contributed by atoms with E-state index in [-0.39, 0.29) is 28.4 Å². The molecule has 4 aliphatic rings. The van der Waals surface area contributed by atoms with Crippen molar-refractivity contribution >= 4 is 11.6 Å². The standard InChI is InChI=1S/C21H30O5/c1-20-8-7-12(22)9-11(20)3-4-13-14-5-6-15(18(24)19(25)26)21(14,2)10-16(23)17(13)20/h9,13-17,19,23,25-26H,3-8,10H2,1-2H3/t13?,14?,15-,16+,17?,20+,21+/m1/s1. The molecule has 0 bridgehead atoms. The van der Waals surface area contributed by atoms with Crippen LogP contribution in [0.5, 0.6) is 0 Å². The van der Waals surface area contributed by atoms with Crippen LogP contribution in [0.2, 0.25) is 0 Å². The Morgan fingerprint density at radius 1 is 1.19 bits per heavy atom. The predicted octanol–water partition coefficient (Wildman–Crippen LogP) is 1.99. The van der Waals surface area contributed by atoms with Crippen molar-refractivity contribution in [3.05, 3.63) is 11.6 Å². The molecule has 0 heterocycles. The third-order valence-electron chi connectivity index (χ3n) is 8.49. The summed E-state index contributed by atoms with van der Waals surface area (Å²) in [5, 5.41) is 30.0. The zero-order valence-electron chi connectivity index (χ0n) is 15.6. The molecular formula is C21H30O5. The molecule has 0 radical (unpaired) electrons. The van der Waals surface area contributed by atoms with Gasteiger partial charge in [-0.15, -0.1) is 0 Å². The molecule has 0 saturated heterocycles. The van der Waals surface area contributed by atoms with Gasteiger partial charge < -0.3 is 15.3 Å². The maximum atomic E-state index is 12.4. The lowest BCUT2D eigenvalue weighted by atomic mass is 9.46. The van der Waals surface area contributed by atoms with E-state index in [0.717, 1.165) is 25.7 Å². The van der Waals surface area contributed by atoms with Crippen molar-refractivity contribution in [3.8, 4) is 0 Å². The largest absolute Gasteiger partial charge is 0.393 e. The summed E-state index contributed by atoms with van der Waals surface area (Å²) in [4.78, 5) is 24.3. The fraction of sp³-hybridized carbons (Fsp3) is 0.810. The highest BCUT2D eigenvalue weighted by molar-refractivity contribution is 5.91. The maximum Gasteiger partial charge on any atom is 0.213 e. The van der Waals surface area contributed by atoms with Gasteiger partial charge in [0.15, 0.2) is 11.6 Å². The molecule has 5 nitrogen and oxygen atoms in total. The number of Topliss-reactive ketones (excluding diaryl/α,β-unsaturated/α-hetero) is 1. The number of aliphatic hydroxyl groups is 3. The average molecular weight is 362 g/mol. The summed E-state index contributed by atoms with van der Waals surface area (Å²) in [6.07, 6.45) is 4.67. The summed E-state index contributed by atoms with van der Waals surface area (Å²) in [6, 6.07) is 0. The third-order valence-corrected chi connectivity index (χ3v) is 8.49. The first-order chi connectivity index (χ1) is 12.2. The summed E-state index contributed by atoms with van der Waals surface area (Å²) >= 11 is 0. The van der Waals surface area contributed by atoms with Gasteiger partial charge >= 0.3 is 0 Å². The highest BCUT2D eigenvalue weighted by Gasteiger charge is 2.63. The molecule has 0 aromatic carbocycles. The topological polar surface area (TPSA) is 94.8 Å². The molecule has 0 spiro atoms. The van der Waals surface area contributed by atoms with Gasteiger partial charge in [-0.25, -0.2) is 0 Å². The van der Waals surface area contributed by atoms with Gasteiger partial charge in [0.05, 0.1) is 6.10 Å². The summed E-state index contributed by atoms with van der Waals surface area (Å²) in [7, 11) is 0. The van der Waals surface area contributed by atoms with Crippen molar-refractivity contribution in [3.63, 3.8) is 0 Å². The lowest BCUT2D eigenvalue weighted by Gasteiger charge is -2.59. The summed E-state index contributed by atoms with van der Waals surface area (Å²) in [5.41, 5.74) is 0.702. The molecule has 5 heteroatoms. The number of carbonyl (C=O) groups is 2. The van der Waals surface area contributed by atoms with E-state index in [1.165, 1.54) is 5.57 Å². The Labute approximate surface area is 154 Å². The molecule has 0 amide bonds. The number of rotatable bonds is 2. The lowest BCUT2D eigenvalue weighted by molar-refractivity contribution is -0.163. The summed E-state index contributed by atoms with van der Waals surface area (Å²) in [5.74, 6) is 0.0933. The van der Waals surface area contributed by atoms with E-state index < -0.39 is 18.2 Å². The quantitative estimate of drug-likeness (QED) is 0.653. The van der Waals surface area contributed by atoms with E-state index in [0.29, 0.717) is 31.1 Å². The number of hydrogen-bond donors (Lipinski definition) is 3. The zero-order chi connectivity index (χ0) is 18.9. The van der Waals surface area contributed by atoms with Crippen LogP contribution < -0.4 is 0 Å². The third kappa shape index (κ3) is 2.40. The molecule has 7 atom stereocenters. The van der Waals surface area contributed by atoms with Gasteiger partial charge in [-0.3, -0.25) is 9.59 Å². The molecule has 3 fully saturated rings. The van der Waals surface area contributed by atoms with Crippen molar-refractivity contribution in [1.29, 1.82) is 0 Å². The number of ketones is 2. The number of aliphatic hydroxyl groups excluding tert-OH is 2. The van der Waals surface area contributed by atoms with Gasteiger partial charge in [0.2, 0.25) is 6.29 Å². The molecule has 4 rings (SSSR count). The van der Waals surface area contributed by atoms with Gasteiger partial charge in [-0.05, 0) is 73.2 Å². The van der Waals surface area contributed by atoms with E-state index in [1.54, 1.807) is 0 Å². The van der Waals surface area contributed by atoms with Crippen molar-refractivity contribution in [2.45, 2.75) is 71.2 Å². The molecule has 26 heavy (non-hydrogen) atoms. The number of fused-ring (bicyclic) bond motifs is 5. The van der Waals surface area contributed by atoms with Gasteiger partial charge in [0.1, 0.15) is 0 Å². The van der Waals surface area contributed by atoms with Crippen molar-refractivity contribution in [2.75, 3.05) is 0 Å². The van der Waals surface area contributed by atoms with E-state index in [1.807, 2.05) is 6.08 Å². The smallest absolute Gasteiger partial charge is 0.213 e. The molecule has 0 aromatic rings. The van der Waals surface area contributed by atoms with Gasteiger partial charge in [0, 0.05) is 12.3 Å². The molecule has 0 aromatic heterocycles. The highest BCUT2D eigenvalue weighted by atomic mass is 16.5. The number of carbonyl (C=O) groups excluding carboxylic acids is 2. The molecule has 3 unspecified atom stereocenters. The van der Waals surface area contributed by atoms with E-state index in [2.05, 4.69) is 13.8 Å². The Morgan fingerprint density at radius 2 is 1.92 bits per heavy atom. The van der Waals surface area contributed by atoms with Crippen LogP contribution >= 0.6 is 0 Å². The Balaban J connectivity index is 1.69. The fourth-order valence-electron chi connectivity index (χ4n) is 7.33. The van der Waals surface area contributed by atoms with Crippen molar-refractivity contribution in [1.82, 2.24) is 0 Å². The lowest BCUT2D eigenvalue weighted by Crippen LogP contribution is -2.57. The van der Waals surface area contributed by atoms with Crippen LogP contribution in [0.15, 0.2) is 11.6 Å². The van der Waals surface area contributed by atoms with Gasteiger partial charge in [0.25, 0.3) is 0 Å². The van der Waals surface area contributed by atoms with Gasteiger partial charge in [-0.2, -0.15) is 0 Å². The van der Waals surface area contributed by atoms with Crippen molar-refractivity contribution < 1.29 is 24.9 Å². The first-order valence-electron chi connectivity index (χ1n) is 10.0. The Hall–Kier alpha value is -1.04. The zero-order valence-corrected chi connectivity index (χ0v) is 15.6. The highest BCUT2D eigenvalue weighted by Crippen LogP contribution is 2.66. The first kappa shape index (κ1) is 18.3. The van der Waals surface area contributed by atoms with E-state index in [9.17, 15) is 24.9 Å². The van der Waals surface area contributed by atoms with Crippen LogP contribution in [0.4, 0.5) is 0 Å². The number of hydrogen-bond acceptors (Lipinski definition) is 5. The minimum absolute atomic E-state index is 0.126. The predicted molar refractivity (Wildman–Crippen MR) is 94.8 cm³/mol. The second kappa shape index (κ2) is 5.98.